The van der Waals surface area contributed by atoms with Crippen molar-refractivity contribution in [1.82, 2.24) is 0 Å². The molecular formula is C24H23N3O4. The number of para-hydroxylation sites is 2. The Bertz CT molecular complexity index is 1110. The molecule has 7 nitrogen and oxygen atoms in total. The average Bonchev–Trinajstić information content (AvgIpc) is 2.75. The van der Waals surface area contributed by atoms with Gasteiger partial charge in [-0.1, -0.05) is 36.4 Å². The molecule has 0 heterocycles. The van der Waals surface area contributed by atoms with E-state index in [0.717, 1.165) is 5.56 Å². The molecule has 2 N–H and O–H groups in total. The third kappa shape index (κ3) is 5.99. The van der Waals surface area contributed by atoms with Crippen molar-refractivity contribution in [3.05, 3.63) is 99.6 Å². The number of rotatable bonds is 8. The summed E-state index contributed by atoms with van der Waals surface area (Å²) in [4.78, 5) is 19.7. The fourth-order valence-electron chi connectivity index (χ4n) is 3.08. The van der Waals surface area contributed by atoms with Crippen molar-refractivity contribution in [2.45, 2.75) is 18.9 Å². The Balaban J connectivity index is 1.85. The maximum absolute atomic E-state index is 10.9. The van der Waals surface area contributed by atoms with Crippen LogP contribution in [0.3, 0.4) is 0 Å². The number of nitro groups is 1. The second kappa shape index (κ2) is 9.67. The highest BCUT2D eigenvalue weighted by molar-refractivity contribution is 5.84. The van der Waals surface area contributed by atoms with Crippen LogP contribution in [0.15, 0.2) is 82.8 Å². The lowest BCUT2D eigenvalue weighted by atomic mass is 9.93. The van der Waals surface area contributed by atoms with Gasteiger partial charge in [0.25, 0.3) is 5.69 Å². The first-order chi connectivity index (χ1) is 14.9. The van der Waals surface area contributed by atoms with Crippen LogP contribution in [0.5, 0.6) is 11.5 Å². The third-order valence-corrected chi connectivity index (χ3v) is 4.78. The number of non-ortho nitro benzene ring substituents is 1. The zero-order valence-electron chi connectivity index (χ0n) is 17.0. The van der Waals surface area contributed by atoms with Gasteiger partial charge in [-0.3, -0.25) is 20.1 Å². The van der Waals surface area contributed by atoms with Gasteiger partial charge in [0.1, 0.15) is 11.5 Å². The summed E-state index contributed by atoms with van der Waals surface area (Å²) < 4.78 is 0. The van der Waals surface area contributed by atoms with Crippen LogP contribution in [0.1, 0.15) is 23.6 Å². The van der Waals surface area contributed by atoms with Crippen molar-refractivity contribution < 1.29 is 15.1 Å². The van der Waals surface area contributed by atoms with Gasteiger partial charge in [-0.05, 0) is 43.2 Å². The Hall–Kier alpha value is -4.00. The summed E-state index contributed by atoms with van der Waals surface area (Å²) >= 11 is 0. The maximum atomic E-state index is 10.9. The molecule has 0 saturated heterocycles. The van der Waals surface area contributed by atoms with E-state index in [2.05, 4.69) is 4.99 Å². The minimum Gasteiger partial charge on any atom is -0.507 e. The molecule has 3 aromatic carbocycles. The highest BCUT2D eigenvalue weighted by Gasteiger charge is 2.23. The molecule has 0 amide bonds. The molecule has 0 saturated carbocycles. The number of aliphatic imine (C=N–C) groups is 2. The average molecular weight is 417 g/mol. The Morgan fingerprint density at radius 1 is 0.903 bits per heavy atom. The van der Waals surface area contributed by atoms with Gasteiger partial charge in [0.15, 0.2) is 0 Å². The van der Waals surface area contributed by atoms with E-state index in [1.165, 1.54) is 12.1 Å². The lowest BCUT2D eigenvalue weighted by Crippen LogP contribution is -2.29. The Labute approximate surface area is 180 Å². The number of phenols is 2. The molecule has 0 fully saturated rings. The van der Waals surface area contributed by atoms with Crippen LogP contribution < -0.4 is 0 Å². The van der Waals surface area contributed by atoms with Gasteiger partial charge in [-0.15, -0.1) is 0 Å². The van der Waals surface area contributed by atoms with Crippen molar-refractivity contribution in [3.63, 3.8) is 0 Å². The Morgan fingerprint density at radius 2 is 1.45 bits per heavy atom. The number of hydrogen-bond acceptors (Lipinski definition) is 6. The normalized spacial score (nSPS) is 13.5. The Morgan fingerprint density at radius 3 is 2.00 bits per heavy atom. The molecule has 158 valence electrons. The molecular weight excluding hydrogens is 394 g/mol. The Kier molecular flexibility index (Phi) is 6.77. The molecule has 0 aliphatic heterocycles. The number of nitrogens with zero attached hydrogens (tertiary/aromatic N) is 3. The first-order valence-electron chi connectivity index (χ1n) is 9.71. The predicted octanol–water partition coefficient (Wildman–Crippen LogP) is 4.55. The van der Waals surface area contributed by atoms with E-state index in [1.807, 2.05) is 19.1 Å². The first kappa shape index (κ1) is 21.7. The van der Waals surface area contributed by atoms with E-state index >= 15 is 0 Å². The molecule has 3 rings (SSSR count). The molecule has 0 aliphatic carbocycles. The summed E-state index contributed by atoms with van der Waals surface area (Å²) in [6.07, 6.45) is 3.68. The van der Waals surface area contributed by atoms with Gasteiger partial charge in [0.05, 0.1) is 17.0 Å². The predicted molar refractivity (Wildman–Crippen MR) is 121 cm³/mol. The van der Waals surface area contributed by atoms with Gasteiger partial charge in [0, 0.05) is 35.7 Å². The molecule has 0 spiro atoms. The van der Waals surface area contributed by atoms with Crippen LogP contribution in [-0.2, 0) is 6.42 Å². The van der Waals surface area contributed by atoms with Gasteiger partial charge >= 0.3 is 0 Å². The van der Waals surface area contributed by atoms with Crippen LogP contribution >= 0.6 is 0 Å². The van der Waals surface area contributed by atoms with E-state index in [4.69, 9.17) is 4.99 Å². The van der Waals surface area contributed by atoms with E-state index in [1.54, 1.807) is 61.0 Å². The van der Waals surface area contributed by atoms with Crippen LogP contribution in [-0.4, -0.2) is 39.6 Å². The van der Waals surface area contributed by atoms with Crippen molar-refractivity contribution in [2.24, 2.45) is 9.98 Å². The van der Waals surface area contributed by atoms with Crippen molar-refractivity contribution >= 4 is 18.1 Å². The molecule has 1 unspecified atom stereocenters. The number of nitro benzene ring substituents is 1. The van der Waals surface area contributed by atoms with Crippen molar-refractivity contribution in [2.75, 3.05) is 6.54 Å². The largest absolute Gasteiger partial charge is 0.507 e. The second-order valence-electron chi connectivity index (χ2n) is 7.44. The minimum absolute atomic E-state index is 0.0285. The van der Waals surface area contributed by atoms with E-state index in [-0.39, 0.29) is 17.2 Å². The zero-order chi connectivity index (χ0) is 22.3. The number of aromatic hydroxyl groups is 2. The third-order valence-electron chi connectivity index (χ3n) is 4.78. The lowest BCUT2D eigenvalue weighted by molar-refractivity contribution is -0.384. The van der Waals surface area contributed by atoms with Crippen molar-refractivity contribution in [3.8, 4) is 11.5 Å². The van der Waals surface area contributed by atoms with Crippen LogP contribution in [0.4, 0.5) is 5.69 Å². The monoisotopic (exact) mass is 417 g/mol. The number of benzene rings is 3. The van der Waals surface area contributed by atoms with Crippen molar-refractivity contribution in [1.29, 1.82) is 0 Å². The zero-order valence-corrected chi connectivity index (χ0v) is 17.0. The van der Waals surface area contributed by atoms with E-state index in [9.17, 15) is 20.3 Å². The summed E-state index contributed by atoms with van der Waals surface area (Å²) in [6, 6.07) is 20.1. The lowest BCUT2D eigenvalue weighted by Gasteiger charge is -2.23. The van der Waals surface area contributed by atoms with E-state index < -0.39 is 10.5 Å². The van der Waals surface area contributed by atoms with Crippen LogP contribution in [0.25, 0.3) is 0 Å². The first-order valence-corrected chi connectivity index (χ1v) is 9.71. The molecule has 0 radical (unpaired) electrons. The second-order valence-corrected chi connectivity index (χ2v) is 7.44. The summed E-state index contributed by atoms with van der Waals surface area (Å²) in [5.74, 6) is 0.266. The van der Waals surface area contributed by atoms with Gasteiger partial charge < -0.3 is 10.2 Å². The summed E-state index contributed by atoms with van der Waals surface area (Å²) in [6.45, 7) is 2.23. The highest BCUT2D eigenvalue weighted by atomic mass is 16.6. The van der Waals surface area contributed by atoms with Gasteiger partial charge in [-0.2, -0.15) is 0 Å². The molecule has 0 aromatic heterocycles. The van der Waals surface area contributed by atoms with Crippen LogP contribution in [0.2, 0.25) is 0 Å². The summed E-state index contributed by atoms with van der Waals surface area (Å²) in [5, 5.41) is 30.9. The quantitative estimate of drug-likeness (QED) is 0.318. The fourth-order valence-corrected chi connectivity index (χ4v) is 3.08. The molecule has 0 bridgehead atoms. The molecule has 7 heteroatoms. The topological polar surface area (TPSA) is 108 Å². The molecule has 1 atom stereocenters. The molecule has 31 heavy (non-hydrogen) atoms. The van der Waals surface area contributed by atoms with Gasteiger partial charge in [-0.25, -0.2) is 0 Å². The van der Waals surface area contributed by atoms with E-state index in [0.29, 0.717) is 24.1 Å². The molecule has 3 aromatic rings. The standard InChI is InChI=1S/C24H23N3O4/c1-24(26-16-20-7-3-5-9-23(20)29,14-18-10-12-21(13-11-18)27(30)31)17-25-15-19-6-2-4-8-22(19)28/h2-13,15-16,28-29H,14,17H2,1H3. The minimum atomic E-state index is -0.681. The van der Waals surface area contributed by atoms with Crippen LogP contribution in [0, 0.1) is 10.1 Å². The fraction of sp³-hybridized carbons (Fsp3) is 0.167. The smallest absolute Gasteiger partial charge is 0.269 e. The number of phenolic OH excluding ortho intramolecular Hbond substituents is 2. The summed E-state index contributed by atoms with van der Waals surface area (Å²) in [7, 11) is 0. The number of hydrogen-bond donors (Lipinski definition) is 2. The van der Waals surface area contributed by atoms with Gasteiger partial charge in [0.2, 0.25) is 0 Å². The molecule has 0 aliphatic rings. The maximum Gasteiger partial charge on any atom is 0.269 e. The summed E-state index contributed by atoms with van der Waals surface area (Å²) in [5.41, 5.74) is 1.41. The SMILES string of the molecule is CC(CN=Cc1ccccc1O)(Cc1ccc([N+](=O)[O-])cc1)N=Cc1ccccc1O. The highest BCUT2D eigenvalue weighted by Crippen LogP contribution is 2.23.